The highest BCUT2D eigenvalue weighted by Crippen LogP contribution is 2.45. The Hall–Kier alpha value is -0.176. The van der Waals surface area contributed by atoms with Crippen molar-refractivity contribution in [2.45, 2.75) is 103 Å². The third-order valence-corrected chi connectivity index (χ3v) is 16.8. The number of hydrogen-bond donors (Lipinski definition) is 0. The van der Waals surface area contributed by atoms with Crippen molar-refractivity contribution in [3.05, 3.63) is 0 Å². The number of carbonyl (C=O) groups excluding carboxylic acids is 1. The number of esters is 1. The van der Waals surface area contributed by atoms with E-state index in [1.54, 1.807) is 0 Å². The Kier molecular flexibility index (Phi) is 7.95. The summed E-state index contributed by atoms with van der Waals surface area (Å²) in [6.45, 7) is 14.4. The summed E-state index contributed by atoms with van der Waals surface area (Å²) in [4.78, 5) is 11.8. The van der Waals surface area contributed by atoms with Crippen LogP contribution in [0, 0.1) is 11.8 Å². The van der Waals surface area contributed by atoms with E-state index < -0.39 is 16.6 Å². The first-order chi connectivity index (χ1) is 12.4. The van der Waals surface area contributed by atoms with Crippen LogP contribution in [-0.4, -0.2) is 41.4 Å². The molecule has 0 amide bonds. The van der Waals surface area contributed by atoms with Gasteiger partial charge in [-0.3, -0.25) is 4.79 Å². The maximum absolute atomic E-state index is 11.8. The second kappa shape index (κ2) is 9.35. The molecule has 2 rings (SSSR count). The van der Waals surface area contributed by atoms with Gasteiger partial charge in [0.2, 0.25) is 0 Å². The summed E-state index contributed by atoms with van der Waals surface area (Å²) in [6.07, 6.45) is 1.69. The zero-order valence-corrected chi connectivity index (χ0v) is 19.8. The van der Waals surface area contributed by atoms with E-state index >= 15 is 0 Å². The highest BCUT2D eigenvalue weighted by atomic mass is 28.4. The van der Waals surface area contributed by atoms with Crippen molar-refractivity contribution in [1.29, 1.82) is 0 Å². The monoisotopic (exact) mass is 400 g/mol. The van der Waals surface area contributed by atoms with Crippen LogP contribution < -0.4 is 0 Å². The topological polar surface area (TPSA) is 44.8 Å². The molecule has 4 atom stereocenters. The average Bonchev–Trinajstić information content (AvgIpc) is 3.17. The summed E-state index contributed by atoms with van der Waals surface area (Å²) in [5.74, 6) is 0.583. The molecule has 0 spiro atoms. The van der Waals surface area contributed by atoms with Gasteiger partial charge in [-0.05, 0) is 36.3 Å². The number of hydrogen-bond acceptors (Lipinski definition) is 4. The van der Waals surface area contributed by atoms with E-state index in [4.69, 9.17) is 13.6 Å². The van der Waals surface area contributed by atoms with Crippen molar-refractivity contribution >= 4 is 22.6 Å². The maximum Gasteiger partial charge on any atom is 0.306 e. The average molecular weight is 401 g/mol. The molecule has 26 heavy (non-hydrogen) atoms. The third kappa shape index (κ3) is 4.45. The number of fused-ring (bicyclic) bond motifs is 1. The Bertz CT molecular complexity index is 446. The quantitative estimate of drug-likeness (QED) is 0.346. The first-order valence-corrected chi connectivity index (χ1v) is 16.0. The van der Waals surface area contributed by atoms with Crippen LogP contribution in [0.25, 0.3) is 0 Å². The van der Waals surface area contributed by atoms with E-state index in [1.165, 1.54) is 18.1 Å². The van der Waals surface area contributed by atoms with Crippen molar-refractivity contribution in [3.8, 4) is 0 Å². The first kappa shape index (κ1) is 22.1. The Morgan fingerprint density at radius 2 is 1.46 bits per heavy atom. The minimum atomic E-state index is -1.67. The van der Waals surface area contributed by atoms with Gasteiger partial charge < -0.3 is 13.6 Å². The van der Waals surface area contributed by atoms with Gasteiger partial charge in [-0.2, -0.15) is 0 Å². The van der Waals surface area contributed by atoms with Crippen molar-refractivity contribution in [2.75, 3.05) is 6.61 Å². The van der Waals surface area contributed by atoms with Gasteiger partial charge in [0.15, 0.2) is 16.6 Å². The highest BCUT2D eigenvalue weighted by molar-refractivity contribution is 6.74. The summed E-state index contributed by atoms with van der Waals surface area (Å²) >= 11 is 0. The van der Waals surface area contributed by atoms with E-state index in [9.17, 15) is 4.79 Å². The Morgan fingerprint density at radius 1 is 0.923 bits per heavy atom. The lowest BCUT2D eigenvalue weighted by atomic mass is 9.93. The first-order valence-electron chi connectivity index (χ1n) is 10.9. The van der Waals surface area contributed by atoms with Crippen LogP contribution in [0.1, 0.15) is 54.4 Å². The van der Waals surface area contributed by atoms with E-state index in [0.29, 0.717) is 18.3 Å². The van der Waals surface area contributed by atoms with E-state index in [-0.39, 0.29) is 18.2 Å². The molecule has 0 radical (unpaired) electrons. The number of ether oxygens (including phenoxy) is 1. The van der Waals surface area contributed by atoms with Crippen molar-refractivity contribution in [2.24, 2.45) is 11.8 Å². The van der Waals surface area contributed by atoms with Crippen LogP contribution in [0.5, 0.6) is 0 Å². The molecule has 1 saturated heterocycles. The van der Waals surface area contributed by atoms with Gasteiger partial charge in [-0.15, -0.1) is 0 Å². The van der Waals surface area contributed by atoms with Crippen LogP contribution in [0.2, 0.25) is 36.3 Å². The minimum Gasteiger partial charge on any atom is -0.462 e. The normalized spacial score (nSPS) is 29.1. The van der Waals surface area contributed by atoms with Crippen LogP contribution in [0.15, 0.2) is 0 Å². The van der Waals surface area contributed by atoms with Crippen molar-refractivity contribution in [1.82, 2.24) is 0 Å². The van der Waals surface area contributed by atoms with Gasteiger partial charge in [-0.25, -0.2) is 0 Å². The van der Waals surface area contributed by atoms with Gasteiger partial charge in [0.1, 0.15) is 6.10 Å². The summed E-state index contributed by atoms with van der Waals surface area (Å²) in [6, 6.07) is 6.99. The smallest absolute Gasteiger partial charge is 0.306 e. The molecule has 2 fully saturated rings. The molecule has 0 N–H and O–H groups in total. The minimum absolute atomic E-state index is 0.0292. The van der Waals surface area contributed by atoms with Crippen molar-refractivity contribution in [3.63, 3.8) is 0 Å². The SMILES string of the molecule is CC[Si](CC)(CC)OC[C@H]1[C@H]2CC(=O)O[C@H]2C[C@H]1O[Si](CC)(CC)CC. The molecule has 0 aromatic heterocycles. The molecule has 6 heteroatoms. The Morgan fingerprint density at radius 3 is 1.96 bits per heavy atom. The molecule has 0 aromatic carbocycles. The molecule has 0 aromatic rings. The highest BCUT2D eigenvalue weighted by Gasteiger charge is 2.52. The summed E-state index contributed by atoms with van der Waals surface area (Å²) in [5, 5.41) is 0. The third-order valence-electron chi connectivity index (χ3n) is 7.50. The predicted octanol–water partition coefficient (Wildman–Crippen LogP) is 5.35. The molecule has 0 bridgehead atoms. The van der Waals surface area contributed by atoms with Crippen molar-refractivity contribution < 1.29 is 18.4 Å². The second-order valence-corrected chi connectivity index (χ2v) is 17.7. The van der Waals surface area contributed by atoms with E-state index in [1.807, 2.05) is 0 Å². The molecule has 1 aliphatic carbocycles. The lowest BCUT2D eigenvalue weighted by Crippen LogP contribution is -2.44. The molecule has 152 valence electrons. The molecule has 1 saturated carbocycles. The van der Waals surface area contributed by atoms with Crippen LogP contribution in [-0.2, 0) is 18.4 Å². The number of rotatable bonds is 11. The summed E-state index contributed by atoms with van der Waals surface area (Å²) in [5.41, 5.74) is 0. The van der Waals surface area contributed by atoms with E-state index in [0.717, 1.165) is 31.2 Å². The van der Waals surface area contributed by atoms with Gasteiger partial charge >= 0.3 is 5.97 Å². The molecule has 1 aliphatic heterocycles. The largest absolute Gasteiger partial charge is 0.462 e. The Labute approximate surface area is 162 Å². The summed E-state index contributed by atoms with van der Waals surface area (Å²) in [7, 11) is -3.30. The van der Waals surface area contributed by atoms with Crippen LogP contribution in [0.4, 0.5) is 0 Å². The fourth-order valence-corrected chi connectivity index (χ4v) is 10.5. The van der Waals surface area contributed by atoms with Gasteiger partial charge in [-0.1, -0.05) is 41.5 Å². The number of carbonyl (C=O) groups is 1. The molecular formula is C20H40O4Si2. The second-order valence-electron chi connectivity index (χ2n) is 8.25. The molecule has 4 nitrogen and oxygen atoms in total. The predicted molar refractivity (Wildman–Crippen MR) is 111 cm³/mol. The standard InChI is InChI=1S/C20H40O4Si2/c1-7-25(8-2,9-3)22-15-17-16-13-20(21)23-18(16)14-19(17)24-26(10-4,11-5)12-6/h16-19H,7-15H2,1-6H3/t16-,17+,18+,19-/m1/s1. The van der Waals surface area contributed by atoms with Crippen LogP contribution in [0.3, 0.4) is 0 Å². The lowest BCUT2D eigenvalue weighted by Gasteiger charge is -2.37. The fourth-order valence-electron chi connectivity index (χ4n) is 4.97. The lowest BCUT2D eigenvalue weighted by molar-refractivity contribution is -0.141. The molecular weight excluding hydrogens is 360 g/mol. The van der Waals surface area contributed by atoms with Gasteiger partial charge in [0.05, 0.1) is 12.5 Å². The summed E-state index contributed by atoms with van der Waals surface area (Å²) < 4.78 is 19.2. The molecule has 1 heterocycles. The van der Waals surface area contributed by atoms with Gasteiger partial charge in [0, 0.05) is 24.9 Å². The molecule has 0 unspecified atom stereocenters. The fraction of sp³-hybridized carbons (Fsp3) is 0.950. The Balaban J connectivity index is 2.15. The van der Waals surface area contributed by atoms with E-state index in [2.05, 4.69) is 41.5 Å². The van der Waals surface area contributed by atoms with Crippen LogP contribution >= 0.6 is 0 Å². The zero-order valence-electron chi connectivity index (χ0n) is 17.8. The zero-order chi connectivity index (χ0) is 19.4. The maximum atomic E-state index is 11.8. The van der Waals surface area contributed by atoms with Gasteiger partial charge in [0.25, 0.3) is 0 Å². The molecule has 2 aliphatic rings.